The Morgan fingerprint density at radius 1 is 1.37 bits per heavy atom. The topological polar surface area (TPSA) is 56.5 Å². The molecule has 0 atom stereocenters. The van der Waals surface area contributed by atoms with Crippen LogP contribution in [-0.4, -0.2) is 31.9 Å². The molecule has 0 radical (unpaired) electrons. The molecule has 0 saturated heterocycles. The van der Waals surface area contributed by atoms with Gasteiger partial charge in [0.1, 0.15) is 10.7 Å². The molecule has 0 fully saturated rings. The minimum Gasteiger partial charge on any atom is -0.497 e. The largest absolute Gasteiger partial charge is 0.497 e. The highest BCUT2D eigenvalue weighted by molar-refractivity contribution is 7.80. The number of hydrogen-bond acceptors (Lipinski definition) is 4. The standard InChI is InChI=1S/C14H22N2O2S/c1-3-4-8-18-9-7-16-13-10-11(17-2)5-6-12(13)14(15)19/h5-6,10,16H,3-4,7-9H2,1-2H3,(H2,15,19). The number of unbranched alkanes of at least 4 members (excludes halogenated alkanes) is 1. The second-order valence-electron chi connectivity index (χ2n) is 4.17. The van der Waals surface area contributed by atoms with Crippen LogP contribution in [0.1, 0.15) is 25.3 Å². The Bertz CT molecular complexity index is 410. The van der Waals surface area contributed by atoms with Gasteiger partial charge >= 0.3 is 0 Å². The maximum absolute atomic E-state index is 5.70. The van der Waals surface area contributed by atoms with E-state index < -0.39 is 0 Å². The van der Waals surface area contributed by atoms with E-state index in [1.54, 1.807) is 7.11 Å². The fourth-order valence-electron chi connectivity index (χ4n) is 1.62. The van der Waals surface area contributed by atoms with E-state index in [1.165, 1.54) is 0 Å². The quantitative estimate of drug-likeness (QED) is 0.538. The number of ether oxygens (including phenoxy) is 2. The Morgan fingerprint density at radius 2 is 2.16 bits per heavy atom. The molecule has 4 nitrogen and oxygen atoms in total. The number of methoxy groups -OCH3 is 1. The van der Waals surface area contributed by atoms with Crippen LogP contribution in [0.3, 0.4) is 0 Å². The molecule has 0 aliphatic heterocycles. The molecule has 0 aliphatic rings. The summed E-state index contributed by atoms with van der Waals surface area (Å²) in [5.41, 5.74) is 7.40. The smallest absolute Gasteiger partial charge is 0.120 e. The predicted octanol–water partition coefficient (Wildman–Crippen LogP) is 2.56. The lowest BCUT2D eigenvalue weighted by molar-refractivity contribution is 0.141. The first-order chi connectivity index (χ1) is 9.19. The molecule has 0 unspecified atom stereocenters. The van der Waals surface area contributed by atoms with E-state index in [0.29, 0.717) is 18.1 Å². The molecule has 0 spiro atoms. The zero-order valence-electron chi connectivity index (χ0n) is 11.6. The maximum Gasteiger partial charge on any atom is 0.120 e. The summed E-state index contributed by atoms with van der Waals surface area (Å²) in [7, 11) is 1.63. The molecule has 1 aromatic rings. The van der Waals surface area contributed by atoms with Gasteiger partial charge in [-0.3, -0.25) is 0 Å². The highest BCUT2D eigenvalue weighted by Gasteiger charge is 2.06. The van der Waals surface area contributed by atoms with Crippen LogP contribution in [0.15, 0.2) is 18.2 Å². The monoisotopic (exact) mass is 282 g/mol. The number of anilines is 1. The molecular weight excluding hydrogens is 260 g/mol. The molecule has 0 amide bonds. The molecule has 0 saturated carbocycles. The van der Waals surface area contributed by atoms with Crippen LogP contribution in [0, 0.1) is 0 Å². The Balaban J connectivity index is 2.52. The van der Waals surface area contributed by atoms with E-state index in [-0.39, 0.29) is 0 Å². The van der Waals surface area contributed by atoms with E-state index >= 15 is 0 Å². The van der Waals surface area contributed by atoms with Crippen molar-refractivity contribution in [1.29, 1.82) is 0 Å². The first kappa shape index (κ1) is 15.7. The summed E-state index contributed by atoms with van der Waals surface area (Å²) >= 11 is 5.03. The molecular formula is C14H22N2O2S. The Labute approximate surface area is 120 Å². The van der Waals surface area contributed by atoms with Crippen molar-refractivity contribution < 1.29 is 9.47 Å². The summed E-state index contributed by atoms with van der Waals surface area (Å²) in [4.78, 5) is 0.372. The van der Waals surface area contributed by atoms with Gasteiger partial charge in [0.2, 0.25) is 0 Å². The molecule has 5 heteroatoms. The van der Waals surface area contributed by atoms with E-state index in [0.717, 1.165) is 36.4 Å². The van der Waals surface area contributed by atoms with Crippen LogP contribution >= 0.6 is 12.2 Å². The van der Waals surface area contributed by atoms with Crippen LogP contribution < -0.4 is 15.8 Å². The van der Waals surface area contributed by atoms with Crippen molar-refractivity contribution in [1.82, 2.24) is 0 Å². The second-order valence-corrected chi connectivity index (χ2v) is 4.61. The highest BCUT2D eigenvalue weighted by Crippen LogP contribution is 2.22. The van der Waals surface area contributed by atoms with Gasteiger partial charge < -0.3 is 20.5 Å². The summed E-state index contributed by atoms with van der Waals surface area (Å²) in [5, 5.41) is 3.27. The lowest BCUT2D eigenvalue weighted by atomic mass is 10.1. The SMILES string of the molecule is CCCCOCCNc1cc(OC)ccc1C(N)=S. The van der Waals surface area contributed by atoms with Gasteiger partial charge in [-0.05, 0) is 18.6 Å². The van der Waals surface area contributed by atoms with Crippen molar-refractivity contribution in [2.24, 2.45) is 5.73 Å². The molecule has 0 aromatic heterocycles. The average Bonchev–Trinajstić information content (AvgIpc) is 2.42. The summed E-state index contributed by atoms with van der Waals surface area (Å²) in [6.45, 7) is 4.32. The lowest BCUT2D eigenvalue weighted by Crippen LogP contribution is -2.16. The lowest BCUT2D eigenvalue weighted by Gasteiger charge is -2.13. The van der Waals surface area contributed by atoms with E-state index in [9.17, 15) is 0 Å². The van der Waals surface area contributed by atoms with E-state index in [2.05, 4.69) is 12.2 Å². The fraction of sp³-hybridized carbons (Fsp3) is 0.500. The van der Waals surface area contributed by atoms with E-state index in [1.807, 2.05) is 18.2 Å². The number of nitrogens with one attached hydrogen (secondary N) is 1. The van der Waals surface area contributed by atoms with Gasteiger partial charge in [0.25, 0.3) is 0 Å². The molecule has 19 heavy (non-hydrogen) atoms. The average molecular weight is 282 g/mol. The number of thiocarbonyl (C=S) groups is 1. The summed E-state index contributed by atoms with van der Waals surface area (Å²) < 4.78 is 10.7. The number of rotatable bonds is 9. The molecule has 106 valence electrons. The van der Waals surface area contributed by atoms with Gasteiger partial charge in [0.15, 0.2) is 0 Å². The van der Waals surface area contributed by atoms with Crippen LogP contribution in [0.2, 0.25) is 0 Å². The minimum atomic E-state index is 0.372. The van der Waals surface area contributed by atoms with Crippen molar-refractivity contribution in [3.8, 4) is 5.75 Å². The van der Waals surface area contributed by atoms with Crippen molar-refractivity contribution in [3.05, 3.63) is 23.8 Å². The highest BCUT2D eigenvalue weighted by atomic mass is 32.1. The molecule has 0 heterocycles. The Morgan fingerprint density at radius 3 is 2.79 bits per heavy atom. The summed E-state index contributed by atoms with van der Waals surface area (Å²) in [5.74, 6) is 0.773. The Kier molecular flexibility index (Phi) is 7.22. The summed E-state index contributed by atoms with van der Waals surface area (Å²) in [6, 6.07) is 5.60. The van der Waals surface area contributed by atoms with Gasteiger partial charge in [-0.2, -0.15) is 0 Å². The van der Waals surface area contributed by atoms with Crippen molar-refractivity contribution in [3.63, 3.8) is 0 Å². The number of hydrogen-bond donors (Lipinski definition) is 2. The second kappa shape index (κ2) is 8.72. The first-order valence-corrected chi connectivity index (χ1v) is 6.89. The van der Waals surface area contributed by atoms with Gasteiger partial charge in [-0.1, -0.05) is 25.6 Å². The van der Waals surface area contributed by atoms with Gasteiger partial charge in [-0.15, -0.1) is 0 Å². The molecule has 0 aliphatic carbocycles. The third-order valence-electron chi connectivity index (χ3n) is 2.70. The van der Waals surface area contributed by atoms with Gasteiger partial charge in [-0.25, -0.2) is 0 Å². The Hall–Kier alpha value is -1.33. The van der Waals surface area contributed by atoms with Crippen molar-refractivity contribution in [2.45, 2.75) is 19.8 Å². The van der Waals surface area contributed by atoms with Crippen LogP contribution in [-0.2, 0) is 4.74 Å². The maximum atomic E-state index is 5.70. The normalized spacial score (nSPS) is 10.2. The zero-order valence-corrected chi connectivity index (χ0v) is 12.4. The van der Waals surface area contributed by atoms with Crippen LogP contribution in [0.4, 0.5) is 5.69 Å². The molecule has 3 N–H and O–H groups in total. The minimum absolute atomic E-state index is 0.372. The molecule has 1 rings (SSSR count). The fourth-order valence-corrected chi connectivity index (χ4v) is 1.80. The number of nitrogens with two attached hydrogens (primary N) is 1. The van der Waals surface area contributed by atoms with E-state index in [4.69, 9.17) is 27.4 Å². The van der Waals surface area contributed by atoms with Crippen molar-refractivity contribution >= 4 is 22.9 Å². The third-order valence-corrected chi connectivity index (χ3v) is 2.92. The summed E-state index contributed by atoms with van der Waals surface area (Å²) in [6.07, 6.45) is 2.24. The van der Waals surface area contributed by atoms with Crippen molar-refractivity contribution in [2.75, 3.05) is 32.2 Å². The van der Waals surface area contributed by atoms with Crippen LogP contribution in [0.5, 0.6) is 5.75 Å². The molecule has 1 aromatic carbocycles. The van der Waals surface area contributed by atoms with Gasteiger partial charge in [0, 0.05) is 30.5 Å². The predicted molar refractivity (Wildman–Crippen MR) is 83.1 cm³/mol. The van der Waals surface area contributed by atoms with Crippen LogP contribution in [0.25, 0.3) is 0 Å². The number of benzene rings is 1. The van der Waals surface area contributed by atoms with Gasteiger partial charge in [0.05, 0.1) is 13.7 Å². The first-order valence-electron chi connectivity index (χ1n) is 6.48. The third kappa shape index (κ3) is 5.44. The molecule has 0 bridgehead atoms. The zero-order chi connectivity index (χ0) is 14.1.